The second kappa shape index (κ2) is 10.0. The number of nitrogens with zero attached hydrogens (tertiary/aromatic N) is 5. The topological polar surface area (TPSA) is 90.1 Å². The van der Waals surface area contributed by atoms with E-state index in [-0.39, 0.29) is 24.5 Å². The predicted molar refractivity (Wildman–Crippen MR) is 133 cm³/mol. The van der Waals surface area contributed by atoms with Crippen molar-refractivity contribution in [2.45, 2.75) is 32.4 Å². The van der Waals surface area contributed by atoms with E-state index < -0.39 is 11.2 Å². The lowest BCUT2D eigenvalue weighted by Crippen LogP contribution is -2.45. The van der Waals surface area contributed by atoms with Gasteiger partial charge in [0.25, 0.3) is 5.56 Å². The summed E-state index contributed by atoms with van der Waals surface area (Å²) in [6.45, 7) is 1.27. The first kappa shape index (κ1) is 22.7. The molecule has 3 aromatic heterocycles. The molecule has 178 valence electrons. The molecule has 0 saturated carbocycles. The molecule has 1 saturated heterocycles. The molecule has 1 aromatic carbocycles. The van der Waals surface area contributed by atoms with Gasteiger partial charge in [-0.3, -0.25) is 23.7 Å². The Morgan fingerprint density at radius 2 is 1.63 bits per heavy atom. The molecule has 0 aliphatic carbocycles. The smallest absolute Gasteiger partial charge is 0.332 e. The van der Waals surface area contributed by atoms with E-state index in [1.807, 2.05) is 11.0 Å². The van der Waals surface area contributed by atoms with Gasteiger partial charge >= 0.3 is 5.69 Å². The van der Waals surface area contributed by atoms with Gasteiger partial charge in [-0.2, -0.15) is 0 Å². The van der Waals surface area contributed by atoms with E-state index in [1.54, 1.807) is 36.7 Å². The summed E-state index contributed by atoms with van der Waals surface area (Å²) >= 11 is 0. The number of aromatic nitrogens is 4. The summed E-state index contributed by atoms with van der Waals surface area (Å²) < 4.78 is 2.50. The van der Waals surface area contributed by atoms with Crippen LogP contribution in [0, 0.1) is 5.92 Å². The zero-order valence-electron chi connectivity index (χ0n) is 19.4. The summed E-state index contributed by atoms with van der Waals surface area (Å²) in [5, 5.41) is 0. The van der Waals surface area contributed by atoms with Crippen molar-refractivity contribution >= 4 is 16.9 Å². The van der Waals surface area contributed by atoms with E-state index in [9.17, 15) is 14.4 Å². The van der Waals surface area contributed by atoms with Gasteiger partial charge in [0.2, 0.25) is 5.91 Å². The highest BCUT2D eigenvalue weighted by molar-refractivity contribution is 5.79. The van der Waals surface area contributed by atoms with Crippen LogP contribution in [0.1, 0.15) is 24.0 Å². The van der Waals surface area contributed by atoms with Crippen LogP contribution in [0.2, 0.25) is 0 Å². The monoisotopic (exact) mass is 469 g/mol. The second-order valence-electron chi connectivity index (χ2n) is 9.01. The Hall–Kier alpha value is -4.07. The molecule has 0 spiro atoms. The molecule has 4 heterocycles. The Morgan fingerprint density at radius 1 is 0.886 bits per heavy atom. The average molecular weight is 470 g/mol. The number of hydrogen-bond donors (Lipinski definition) is 0. The molecule has 8 nitrogen and oxygen atoms in total. The molecule has 1 aliphatic heterocycles. The molecule has 0 radical (unpaired) electrons. The zero-order valence-corrected chi connectivity index (χ0v) is 19.4. The average Bonchev–Trinajstić information content (AvgIpc) is 2.90. The van der Waals surface area contributed by atoms with E-state index in [2.05, 4.69) is 34.2 Å². The van der Waals surface area contributed by atoms with Crippen LogP contribution in [0.3, 0.4) is 0 Å². The third kappa shape index (κ3) is 4.91. The first-order chi connectivity index (χ1) is 17.1. The van der Waals surface area contributed by atoms with Gasteiger partial charge in [0, 0.05) is 31.7 Å². The Bertz CT molecular complexity index is 1440. The summed E-state index contributed by atoms with van der Waals surface area (Å²) in [6.07, 6.45) is 7.64. The fourth-order valence-corrected chi connectivity index (χ4v) is 4.78. The van der Waals surface area contributed by atoms with Gasteiger partial charge < -0.3 is 4.90 Å². The van der Waals surface area contributed by atoms with Gasteiger partial charge in [0.15, 0.2) is 5.52 Å². The number of carbonyl (C=O) groups excluding carboxylic acids is 1. The highest BCUT2D eigenvalue weighted by atomic mass is 16.2. The largest absolute Gasteiger partial charge is 0.341 e. The minimum absolute atomic E-state index is 0.0666. The third-order valence-corrected chi connectivity index (χ3v) is 6.68. The Morgan fingerprint density at radius 3 is 2.37 bits per heavy atom. The normalized spacial score (nSPS) is 14.3. The van der Waals surface area contributed by atoms with Gasteiger partial charge in [-0.1, -0.05) is 36.4 Å². The highest BCUT2D eigenvalue weighted by Gasteiger charge is 2.24. The standard InChI is InChI=1S/C27H27N5O3/c33-24(30-14-10-21(11-15-30)16-20-6-2-1-3-7-20)19-31-23-9-5-13-29-25(23)26(34)32(27(31)35)18-22-8-4-12-28-17-22/h1-9,12-13,17,21H,10-11,14-16,18-19H2. The summed E-state index contributed by atoms with van der Waals surface area (Å²) in [6, 6.07) is 17.3. The van der Waals surface area contributed by atoms with E-state index in [0.717, 1.165) is 29.4 Å². The molecule has 4 aromatic rings. The maximum Gasteiger partial charge on any atom is 0.332 e. The predicted octanol–water partition coefficient (Wildman–Crippen LogP) is 2.48. The minimum Gasteiger partial charge on any atom is -0.341 e. The number of likely N-dealkylation sites (tertiary alicyclic amines) is 1. The molecule has 5 rings (SSSR count). The van der Waals surface area contributed by atoms with Gasteiger partial charge in [-0.15, -0.1) is 0 Å². The van der Waals surface area contributed by atoms with Crippen molar-refractivity contribution in [1.82, 2.24) is 24.0 Å². The molecule has 8 heteroatoms. The van der Waals surface area contributed by atoms with Crippen molar-refractivity contribution in [3.8, 4) is 0 Å². The molecular formula is C27H27N5O3. The van der Waals surface area contributed by atoms with Crippen LogP contribution >= 0.6 is 0 Å². The summed E-state index contributed by atoms with van der Waals surface area (Å²) in [5.41, 5.74) is 1.59. The third-order valence-electron chi connectivity index (χ3n) is 6.68. The molecule has 0 atom stereocenters. The van der Waals surface area contributed by atoms with Crippen LogP contribution in [0.4, 0.5) is 0 Å². The molecule has 35 heavy (non-hydrogen) atoms. The van der Waals surface area contributed by atoms with Crippen molar-refractivity contribution < 1.29 is 4.79 Å². The number of rotatable bonds is 6. The molecule has 0 bridgehead atoms. The Kier molecular flexibility index (Phi) is 6.52. The van der Waals surface area contributed by atoms with Gasteiger partial charge in [-0.25, -0.2) is 9.78 Å². The van der Waals surface area contributed by atoms with E-state index in [1.165, 1.54) is 16.3 Å². The van der Waals surface area contributed by atoms with Crippen LogP contribution in [0.5, 0.6) is 0 Å². The van der Waals surface area contributed by atoms with Crippen LogP contribution < -0.4 is 11.2 Å². The number of fused-ring (bicyclic) bond motifs is 1. The number of benzene rings is 1. The first-order valence-electron chi connectivity index (χ1n) is 11.9. The second-order valence-corrected chi connectivity index (χ2v) is 9.01. The number of piperidine rings is 1. The summed E-state index contributed by atoms with van der Waals surface area (Å²) in [4.78, 5) is 49.8. The van der Waals surface area contributed by atoms with Crippen molar-refractivity contribution in [2.24, 2.45) is 5.92 Å². The lowest BCUT2D eigenvalue weighted by atomic mass is 9.90. The molecular weight excluding hydrogens is 442 g/mol. The number of amides is 1. The maximum absolute atomic E-state index is 13.4. The summed E-state index contributed by atoms with van der Waals surface area (Å²) in [5.74, 6) is 0.414. The first-order valence-corrected chi connectivity index (χ1v) is 11.9. The van der Waals surface area contributed by atoms with Crippen LogP contribution in [-0.2, 0) is 24.3 Å². The lowest BCUT2D eigenvalue weighted by Gasteiger charge is -2.32. The molecule has 1 aliphatic rings. The number of hydrogen-bond acceptors (Lipinski definition) is 5. The van der Waals surface area contributed by atoms with E-state index >= 15 is 0 Å². The van der Waals surface area contributed by atoms with Crippen LogP contribution in [-0.4, -0.2) is 43.0 Å². The van der Waals surface area contributed by atoms with Crippen molar-refractivity contribution in [3.63, 3.8) is 0 Å². The van der Waals surface area contributed by atoms with Gasteiger partial charge in [0.1, 0.15) is 6.54 Å². The summed E-state index contributed by atoms with van der Waals surface area (Å²) in [7, 11) is 0. The highest BCUT2D eigenvalue weighted by Crippen LogP contribution is 2.22. The Labute approximate surface area is 202 Å². The van der Waals surface area contributed by atoms with Gasteiger partial charge in [0.05, 0.1) is 12.1 Å². The van der Waals surface area contributed by atoms with Crippen molar-refractivity contribution in [3.05, 3.63) is 105 Å². The van der Waals surface area contributed by atoms with E-state index in [4.69, 9.17) is 0 Å². The minimum atomic E-state index is -0.522. The number of pyridine rings is 2. The fraction of sp³-hybridized carbons (Fsp3) is 0.296. The fourth-order valence-electron chi connectivity index (χ4n) is 4.78. The maximum atomic E-state index is 13.4. The van der Waals surface area contributed by atoms with Crippen molar-refractivity contribution in [2.75, 3.05) is 13.1 Å². The molecule has 1 fully saturated rings. The SMILES string of the molecule is O=C(Cn1c(=O)n(Cc2cccnc2)c(=O)c2ncccc21)N1CCC(Cc2ccccc2)CC1. The molecule has 0 unspecified atom stereocenters. The molecule has 1 amide bonds. The van der Waals surface area contributed by atoms with Crippen LogP contribution in [0.15, 0.2) is 82.8 Å². The number of carbonyl (C=O) groups is 1. The zero-order chi connectivity index (χ0) is 24.2. The van der Waals surface area contributed by atoms with Gasteiger partial charge in [-0.05, 0) is 54.5 Å². The van der Waals surface area contributed by atoms with Crippen LogP contribution in [0.25, 0.3) is 11.0 Å². The van der Waals surface area contributed by atoms with E-state index in [0.29, 0.717) is 24.5 Å². The lowest BCUT2D eigenvalue weighted by molar-refractivity contribution is -0.133. The Balaban J connectivity index is 1.36. The van der Waals surface area contributed by atoms with Crippen molar-refractivity contribution in [1.29, 1.82) is 0 Å². The quantitative estimate of drug-likeness (QED) is 0.433. The molecule has 0 N–H and O–H groups in total.